The normalized spacial score (nSPS) is 14.4. The van der Waals surface area contributed by atoms with Crippen LogP contribution in [0.1, 0.15) is 18.9 Å². The number of sulfonamides is 1. The molecule has 0 fully saturated rings. The summed E-state index contributed by atoms with van der Waals surface area (Å²) in [5.74, 6) is 0. The first-order valence-corrected chi connectivity index (χ1v) is 7.40. The van der Waals surface area contributed by atoms with Gasteiger partial charge in [0.05, 0.1) is 10.5 Å². The summed E-state index contributed by atoms with van der Waals surface area (Å²) < 4.78 is 64.0. The van der Waals surface area contributed by atoms with Gasteiger partial charge < -0.3 is 0 Å². The van der Waals surface area contributed by atoms with Crippen molar-refractivity contribution in [2.24, 2.45) is 0 Å². The molecular formula is C11H13ClF3NO2S. The minimum Gasteiger partial charge on any atom is -0.210 e. The van der Waals surface area contributed by atoms with E-state index in [2.05, 4.69) is 4.72 Å². The maximum Gasteiger partial charge on any atom is 0.417 e. The number of rotatable bonds is 5. The molecular weight excluding hydrogens is 303 g/mol. The lowest BCUT2D eigenvalue weighted by atomic mass is 10.2. The highest BCUT2D eigenvalue weighted by Crippen LogP contribution is 2.33. The minimum atomic E-state index is -4.73. The molecule has 108 valence electrons. The topological polar surface area (TPSA) is 46.2 Å². The summed E-state index contributed by atoms with van der Waals surface area (Å²) in [5, 5.41) is -0.465. The Morgan fingerprint density at radius 2 is 1.89 bits per heavy atom. The zero-order chi connectivity index (χ0) is 14.7. The number of hydrogen-bond donors (Lipinski definition) is 1. The molecule has 0 bridgehead atoms. The summed E-state index contributed by atoms with van der Waals surface area (Å²) in [6.07, 6.45) is -4.22. The van der Waals surface area contributed by atoms with E-state index in [1.165, 1.54) is 6.07 Å². The van der Waals surface area contributed by atoms with Gasteiger partial charge in [-0.05, 0) is 18.6 Å². The van der Waals surface area contributed by atoms with Crippen LogP contribution in [0.3, 0.4) is 0 Å². The Kier molecular flexibility index (Phi) is 5.23. The third kappa shape index (κ3) is 4.36. The second kappa shape index (κ2) is 6.11. The molecule has 0 saturated carbocycles. The van der Waals surface area contributed by atoms with Crippen molar-refractivity contribution in [2.75, 3.05) is 6.54 Å². The van der Waals surface area contributed by atoms with E-state index in [4.69, 9.17) is 11.6 Å². The summed E-state index contributed by atoms with van der Waals surface area (Å²) >= 11 is 5.74. The molecule has 0 heterocycles. The number of halogens is 4. The van der Waals surface area contributed by atoms with Crippen molar-refractivity contribution in [1.29, 1.82) is 0 Å². The highest BCUT2D eigenvalue weighted by molar-refractivity contribution is 7.89. The summed E-state index contributed by atoms with van der Waals surface area (Å²) in [5.41, 5.74) is -1.19. The van der Waals surface area contributed by atoms with Crippen LogP contribution < -0.4 is 4.72 Å². The van der Waals surface area contributed by atoms with Gasteiger partial charge in [0.25, 0.3) is 0 Å². The van der Waals surface area contributed by atoms with Gasteiger partial charge in [0.1, 0.15) is 0 Å². The molecule has 0 radical (unpaired) electrons. The van der Waals surface area contributed by atoms with E-state index in [-0.39, 0.29) is 6.54 Å². The summed E-state index contributed by atoms with van der Waals surface area (Å²) in [7, 11) is -4.23. The van der Waals surface area contributed by atoms with Gasteiger partial charge in [-0.3, -0.25) is 0 Å². The molecule has 0 aromatic heterocycles. The number of benzene rings is 1. The Morgan fingerprint density at radius 1 is 1.32 bits per heavy atom. The molecule has 0 amide bonds. The largest absolute Gasteiger partial charge is 0.417 e. The van der Waals surface area contributed by atoms with Crippen LogP contribution in [0.2, 0.25) is 0 Å². The highest BCUT2D eigenvalue weighted by Gasteiger charge is 2.36. The van der Waals surface area contributed by atoms with Crippen molar-refractivity contribution in [3.05, 3.63) is 29.8 Å². The third-order valence-electron chi connectivity index (χ3n) is 2.42. The van der Waals surface area contributed by atoms with Crippen molar-refractivity contribution >= 4 is 21.6 Å². The van der Waals surface area contributed by atoms with Crippen molar-refractivity contribution in [3.8, 4) is 0 Å². The van der Waals surface area contributed by atoms with E-state index in [1.807, 2.05) is 0 Å². The first kappa shape index (κ1) is 16.3. The Morgan fingerprint density at radius 3 is 2.42 bits per heavy atom. The van der Waals surface area contributed by atoms with E-state index in [9.17, 15) is 21.6 Å². The van der Waals surface area contributed by atoms with Crippen molar-refractivity contribution in [2.45, 2.75) is 29.8 Å². The zero-order valence-corrected chi connectivity index (χ0v) is 11.6. The SMILES string of the molecule is CCC(Cl)CNS(=O)(=O)c1ccccc1C(F)(F)F. The van der Waals surface area contributed by atoms with Gasteiger partial charge in [-0.2, -0.15) is 13.2 Å². The van der Waals surface area contributed by atoms with Crippen LogP contribution >= 0.6 is 11.6 Å². The molecule has 1 N–H and O–H groups in total. The average molecular weight is 316 g/mol. The van der Waals surface area contributed by atoms with Crippen LogP contribution in [0.5, 0.6) is 0 Å². The lowest BCUT2D eigenvalue weighted by molar-refractivity contribution is -0.139. The predicted octanol–water partition coefficient (Wildman–Crippen LogP) is 3.00. The second-order valence-electron chi connectivity index (χ2n) is 3.85. The number of hydrogen-bond acceptors (Lipinski definition) is 2. The quantitative estimate of drug-likeness (QED) is 0.849. The van der Waals surface area contributed by atoms with E-state index in [1.54, 1.807) is 6.92 Å². The van der Waals surface area contributed by atoms with Gasteiger partial charge in [0.2, 0.25) is 10.0 Å². The number of nitrogens with one attached hydrogen (secondary N) is 1. The van der Waals surface area contributed by atoms with E-state index < -0.39 is 32.0 Å². The molecule has 1 aromatic rings. The van der Waals surface area contributed by atoms with Crippen LogP contribution in [0.15, 0.2) is 29.2 Å². The molecule has 0 aliphatic heterocycles. The molecule has 1 rings (SSSR count). The predicted molar refractivity (Wildman–Crippen MR) is 66.6 cm³/mol. The Bertz CT molecular complexity index is 531. The van der Waals surface area contributed by atoms with Crippen molar-refractivity contribution in [3.63, 3.8) is 0 Å². The molecule has 0 saturated heterocycles. The number of alkyl halides is 4. The molecule has 1 atom stereocenters. The molecule has 3 nitrogen and oxygen atoms in total. The van der Waals surface area contributed by atoms with Gasteiger partial charge >= 0.3 is 6.18 Å². The van der Waals surface area contributed by atoms with Crippen LogP contribution in [-0.4, -0.2) is 20.3 Å². The Hall–Kier alpha value is -0.790. The van der Waals surface area contributed by atoms with E-state index >= 15 is 0 Å². The highest BCUT2D eigenvalue weighted by atomic mass is 35.5. The fourth-order valence-electron chi connectivity index (χ4n) is 1.36. The van der Waals surface area contributed by atoms with Crippen molar-refractivity contribution in [1.82, 2.24) is 4.72 Å². The first-order chi connectivity index (χ1) is 8.68. The van der Waals surface area contributed by atoms with Gasteiger partial charge in [-0.1, -0.05) is 19.1 Å². The second-order valence-corrected chi connectivity index (χ2v) is 6.20. The zero-order valence-electron chi connectivity index (χ0n) is 10.0. The van der Waals surface area contributed by atoms with Crippen LogP contribution in [0.25, 0.3) is 0 Å². The first-order valence-electron chi connectivity index (χ1n) is 5.48. The Labute approximate surface area is 114 Å². The van der Waals surface area contributed by atoms with Gasteiger partial charge in [0.15, 0.2) is 0 Å². The smallest absolute Gasteiger partial charge is 0.210 e. The molecule has 0 spiro atoms. The van der Waals surface area contributed by atoms with Gasteiger partial charge in [0, 0.05) is 11.9 Å². The van der Waals surface area contributed by atoms with E-state index in [0.29, 0.717) is 6.42 Å². The van der Waals surface area contributed by atoms with Crippen molar-refractivity contribution < 1.29 is 21.6 Å². The maximum atomic E-state index is 12.7. The third-order valence-corrected chi connectivity index (χ3v) is 4.36. The minimum absolute atomic E-state index is 0.118. The molecule has 0 aliphatic rings. The standard InChI is InChI=1S/C11H13ClF3NO2S/c1-2-8(12)7-16-19(17,18)10-6-4-3-5-9(10)11(13,14)15/h3-6,8,16H,2,7H2,1H3. The lowest BCUT2D eigenvalue weighted by Crippen LogP contribution is -2.31. The summed E-state index contributed by atoms with van der Waals surface area (Å²) in [6, 6.07) is 4.02. The fraction of sp³-hybridized carbons (Fsp3) is 0.455. The van der Waals surface area contributed by atoms with Crippen LogP contribution in [0.4, 0.5) is 13.2 Å². The lowest BCUT2D eigenvalue weighted by Gasteiger charge is -2.14. The van der Waals surface area contributed by atoms with Gasteiger partial charge in [-0.15, -0.1) is 11.6 Å². The molecule has 1 aromatic carbocycles. The molecule has 8 heteroatoms. The molecule has 1 unspecified atom stereocenters. The summed E-state index contributed by atoms with van der Waals surface area (Å²) in [6.45, 7) is 1.63. The molecule has 19 heavy (non-hydrogen) atoms. The average Bonchev–Trinajstić information content (AvgIpc) is 2.35. The van der Waals surface area contributed by atoms with Gasteiger partial charge in [-0.25, -0.2) is 13.1 Å². The Balaban J connectivity index is 3.09. The van der Waals surface area contributed by atoms with E-state index in [0.717, 1.165) is 18.2 Å². The molecule has 0 aliphatic carbocycles. The van der Waals surface area contributed by atoms with Crippen LogP contribution in [-0.2, 0) is 16.2 Å². The monoisotopic (exact) mass is 315 g/mol. The summed E-state index contributed by atoms with van der Waals surface area (Å²) in [4.78, 5) is -0.789. The van der Waals surface area contributed by atoms with Crippen LogP contribution in [0, 0.1) is 0 Å². The maximum absolute atomic E-state index is 12.7. The fourth-order valence-corrected chi connectivity index (χ4v) is 2.83.